The summed E-state index contributed by atoms with van der Waals surface area (Å²) in [6.07, 6.45) is 0. The molecule has 11 nitrogen and oxygen atoms in total. The first-order valence-electron chi connectivity index (χ1n) is 24.3. The molecular weight excluding hydrogens is 923 g/mol. The van der Waals surface area contributed by atoms with Crippen molar-refractivity contribution in [3.8, 4) is 114 Å². The van der Waals surface area contributed by atoms with Gasteiger partial charge in [-0.1, -0.05) is 182 Å². The van der Waals surface area contributed by atoms with E-state index in [9.17, 15) is 5.26 Å². The Bertz CT molecular complexity index is 3920. The van der Waals surface area contributed by atoms with E-state index in [2.05, 4.69) is 47.0 Å². The second-order valence-corrected chi connectivity index (χ2v) is 17.8. The van der Waals surface area contributed by atoms with Gasteiger partial charge in [0.15, 0.2) is 52.4 Å². The van der Waals surface area contributed by atoms with Gasteiger partial charge in [0.2, 0.25) is 0 Å². The van der Waals surface area contributed by atoms with Crippen LogP contribution in [-0.4, -0.2) is 49.4 Å². The number of hydrogen-bond donors (Lipinski definition) is 0. The summed E-state index contributed by atoms with van der Waals surface area (Å²) in [5.74, 6) is 4.69. The Balaban J connectivity index is 1.04. The number of fused-ring (bicyclic) bond motifs is 3. The van der Waals surface area contributed by atoms with Crippen molar-refractivity contribution >= 4 is 21.8 Å². The van der Waals surface area contributed by atoms with Gasteiger partial charge in [0.25, 0.3) is 0 Å². The third-order valence-corrected chi connectivity index (χ3v) is 13.0. The molecule has 0 aliphatic carbocycles. The average Bonchev–Trinajstić information content (AvgIpc) is 3.83. The second-order valence-electron chi connectivity index (χ2n) is 17.8. The van der Waals surface area contributed by atoms with Crippen molar-refractivity contribution in [1.29, 1.82) is 5.26 Å². The zero-order valence-electron chi connectivity index (χ0n) is 39.9. The van der Waals surface area contributed by atoms with Crippen molar-refractivity contribution in [3.05, 3.63) is 242 Å². The van der Waals surface area contributed by atoms with Gasteiger partial charge in [-0.2, -0.15) is 5.26 Å². The van der Waals surface area contributed by atoms with Crippen LogP contribution < -0.4 is 0 Å². The van der Waals surface area contributed by atoms with E-state index >= 15 is 0 Å². The van der Waals surface area contributed by atoms with Crippen molar-refractivity contribution < 1.29 is 0 Å². The van der Waals surface area contributed by atoms with Crippen LogP contribution in [0.25, 0.3) is 130 Å². The van der Waals surface area contributed by atoms with E-state index in [1.165, 1.54) is 0 Å². The first kappa shape index (κ1) is 44.3. The zero-order valence-corrected chi connectivity index (χ0v) is 39.9. The molecule has 9 aromatic carbocycles. The fourth-order valence-corrected chi connectivity index (χ4v) is 9.34. The molecule has 13 aromatic rings. The average molecular weight is 962 g/mol. The van der Waals surface area contributed by atoms with E-state index < -0.39 is 0 Å². The van der Waals surface area contributed by atoms with Crippen LogP contribution in [0.15, 0.2) is 237 Å². The topological polar surface area (TPSA) is 145 Å². The van der Waals surface area contributed by atoms with Gasteiger partial charge in [0.1, 0.15) is 0 Å². The molecule has 350 valence electrons. The summed E-state index contributed by atoms with van der Waals surface area (Å²) in [5, 5.41) is 12.6. The number of hydrogen-bond acceptors (Lipinski definition) is 10. The maximum absolute atomic E-state index is 10.7. The van der Waals surface area contributed by atoms with Crippen LogP contribution in [0.1, 0.15) is 5.56 Å². The molecule has 0 amide bonds. The van der Waals surface area contributed by atoms with Crippen LogP contribution >= 0.6 is 0 Å². The Kier molecular flexibility index (Phi) is 11.3. The lowest BCUT2D eigenvalue weighted by Gasteiger charge is -2.13. The Morgan fingerprint density at radius 2 is 0.547 bits per heavy atom. The van der Waals surface area contributed by atoms with Crippen LogP contribution in [-0.2, 0) is 0 Å². The highest BCUT2D eigenvalue weighted by Crippen LogP contribution is 2.39. The quantitative estimate of drug-likeness (QED) is 0.130. The minimum absolute atomic E-state index is 0.378. The van der Waals surface area contributed by atoms with Gasteiger partial charge in [0, 0.05) is 66.5 Å². The third kappa shape index (κ3) is 8.60. The Labute approximate surface area is 431 Å². The van der Waals surface area contributed by atoms with Crippen LogP contribution in [0, 0.1) is 11.3 Å². The van der Waals surface area contributed by atoms with E-state index in [0.717, 1.165) is 72.0 Å². The Morgan fingerprint density at radius 1 is 0.267 bits per heavy atom. The van der Waals surface area contributed by atoms with Gasteiger partial charge in [-0.05, 0) is 54.6 Å². The number of rotatable bonds is 10. The second kappa shape index (κ2) is 19.1. The molecule has 13 rings (SSSR count). The van der Waals surface area contributed by atoms with E-state index in [0.29, 0.717) is 63.5 Å². The van der Waals surface area contributed by atoms with Crippen LogP contribution in [0.4, 0.5) is 0 Å². The van der Waals surface area contributed by atoms with Crippen molar-refractivity contribution in [2.45, 2.75) is 0 Å². The van der Waals surface area contributed by atoms with E-state index in [-0.39, 0.29) is 0 Å². The number of nitrogens with zero attached hydrogens (tertiary/aromatic N) is 11. The predicted octanol–water partition coefficient (Wildman–Crippen LogP) is 14.2. The maximum Gasteiger partial charge on any atom is 0.165 e. The predicted molar refractivity (Wildman–Crippen MR) is 295 cm³/mol. The standard InChI is InChI=1S/C64H39N11/c65-40-49-31-34-50(39-51(49)64-73-60(45-27-15-5-16-28-45)68-61(74-64)46-29-17-6-18-30-46)75-54-35-32-47(62-69-56(41-19-7-1-8-20-41)66-57(70-62)42-21-9-2-10-22-42)37-52(54)53-38-48(33-36-55(53)75)63-71-58(43-23-11-3-12-24-43)67-59(72-63)44-25-13-4-14-26-44/h1-39H. The van der Waals surface area contributed by atoms with Crippen molar-refractivity contribution in [1.82, 2.24) is 49.4 Å². The van der Waals surface area contributed by atoms with Crippen molar-refractivity contribution in [2.24, 2.45) is 0 Å². The number of aromatic nitrogens is 10. The summed E-state index contributed by atoms with van der Waals surface area (Å²) in [7, 11) is 0. The third-order valence-electron chi connectivity index (χ3n) is 13.0. The molecule has 75 heavy (non-hydrogen) atoms. The highest BCUT2D eigenvalue weighted by molar-refractivity contribution is 6.11. The van der Waals surface area contributed by atoms with Gasteiger partial charge in [-0.15, -0.1) is 0 Å². The molecule has 0 bridgehead atoms. The summed E-state index contributed by atoms with van der Waals surface area (Å²) < 4.78 is 2.21. The van der Waals surface area contributed by atoms with Gasteiger partial charge in [-0.3, -0.25) is 0 Å². The molecule has 0 aliphatic heterocycles. The smallest absolute Gasteiger partial charge is 0.165 e. The van der Waals surface area contributed by atoms with E-state index in [1.807, 2.05) is 200 Å². The lowest BCUT2D eigenvalue weighted by atomic mass is 10.1. The lowest BCUT2D eigenvalue weighted by molar-refractivity contribution is 1.07. The highest BCUT2D eigenvalue weighted by atomic mass is 15.1. The summed E-state index contributed by atoms with van der Waals surface area (Å²) in [4.78, 5) is 45.4. The minimum Gasteiger partial charge on any atom is -0.309 e. The first-order chi connectivity index (χ1) is 37.1. The Hall–Kier alpha value is -10.7. The maximum atomic E-state index is 10.7. The first-order valence-corrected chi connectivity index (χ1v) is 24.3. The number of benzene rings is 9. The molecule has 0 spiro atoms. The molecule has 0 saturated heterocycles. The van der Waals surface area contributed by atoms with E-state index in [1.54, 1.807) is 0 Å². The Morgan fingerprint density at radius 3 is 0.840 bits per heavy atom. The van der Waals surface area contributed by atoms with Crippen LogP contribution in [0.3, 0.4) is 0 Å². The molecule has 4 heterocycles. The zero-order chi connectivity index (χ0) is 50.1. The van der Waals surface area contributed by atoms with Crippen LogP contribution in [0.5, 0.6) is 0 Å². The molecule has 0 unspecified atom stereocenters. The lowest BCUT2D eigenvalue weighted by Crippen LogP contribution is -2.02. The molecule has 0 N–H and O–H groups in total. The minimum atomic E-state index is 0.378. The molecular formula is C64H39N11. The SMILES string of the molecule is N#Cc1ccc(-n2c3ccc(-c4nc(-c5ccccc5)nc(-c5ccccc5)n4)cc3c3cc(-c4nc(-c5ccccc5)nc(-c5ccccc5)n4)ccc32)cc1-c1nc(-c2ccccc2)nc(-c2ccccc2)n1. The molecule has 0 saturated carbocycles. The molecule has 0 radical (unpaired) electrons. The summed E-state index contributed by atoms with van der Waals surface area (Å²) in [6.45, 7) is 0. The molecule has 0 atom stereocenters. The van der Waals surface area contributed by atoms with Crippen molar-refractivity contribution in [3.63, 3.8) is 0 Å². The molecule has 0 aliphatic rings. The summed E-state index contributed by atoms with van der Waals surface area (Å²) in [5.41, 5.74) is 10.4. The van der Waals surface area contributed by atoms with Crippen molar-refractivity contribution in [2.75, 3.05) is 0 Å². The van der Waals surface area contributed by atoms with Gasteiger partial charge in [0.05, 0.1) is 22.7 Å². The van der Waals surface area contributed by atoms with Gasteiger partial charge < -0.3 is 4.57 Å². The fraction of sp³-hybridized carbons (Fsp3) is 0. The van der Waals surface area contributed by atoms with Gasteiger partial charge in [-0.25, -0.2) is 44.9 Å². The van der Waals surface area contributed by atoms with Gasteiger partial charge >= 0.3 is 0 Å². The normalized spacial score (nSPS) is 11.2. The summed E-state index contributed by atoms with van der Waals surface area (Å²) >= 11 is 0. The highest BCUT2D eigenvalue weighted by Gasteiger charge is 2.22. The molecule has 0 fully saturated rings. The molecule has 11 heteroatoms. The monoisotopic (exact) mass is 961 g/mol. The van der Waals surface area contributed by atoms with Crippen LogP contribution in [0.2, 0.25) is 0 Å². The van der Waals surface area contributed by atoms with E-state index in [4.69, 9.17) is 44.9 Å². The number of nitriles is 1. The largest absolute Gasteiger partial charge is 0.309 e. The summed E-state index contributed by atoms with van der Waals surface area (Å²) in [6, 6.07) is 80.3. The molecule has 4 aromatic heterocycles. The fourth-order valence-electron chi connectivity index (χ4n) is 9.34.